The monoisotopic (exact) mass is 563 g/mol. The van der Waals surface area contributed by atoms with Gasteiger partial charge in [-0.05, 0) is 0 Å². The van der Waals surface area contributed by atoms with Crippen LogP contribution in [-0.4, -0.2) is 57.3 Å². The number of carbonyl (C=O) groups is 1. The predicted octanol–water partition coefficient (Wildman–Crippen LogP) is 3.97. The van der Waals surface area contributed by atoms with Gasteiger partial charge in [0.1, 0.15) is 0 Å². The van der Waals surface area contributed by atoms with Crippen molar-refractivity contribution in [3.8, 4) is 11.4 Å². The van der Waals surface area contributed by atoms with E-state index < -0.39 is 24.8 Å². The summed E-state index contributed by atoms with van der Waals surface area (Å²) >= 11 is -2.04. The van der Waals surface area contributed by atoms with Crippen molar-refractivity contribution in [2.24, 2.45) is 0 Å². The number of esters is 1. The summed E-state index contributed by atoms with van der Waals surface area (Å²) in [6.45, 7) is 4.56. The molecule has 0 amide bonds. The van der Waals surface area contributed by atoms with Gasteiger partial charge in [0.05, 0.1) is 0 Å². The summed E-state index contributed by atoms with van der Waals surface area (Å²) in [5.41, 5.74) is 3.53. The van der Waals surface area contributed by atoms with Gasteiger partial charge < -0.3 is 0 Å². The van der Waals surface area contributed by atoms with Crippen molar-refractivity contribution in [3.63, 3.8) is 0 Å². The molecule has 1 fully saturated rings. The van der Waals surface area contributed by atoms with E-state index in [9.17, 15) is 14.7 Å². The summed E-state index contributed by atoms with van der Waals surface area (Å²) < 4.78 is 6.99. The molecule has 3 aliphatic heterocycles. The first-order chi connectivity index (χ1) is 17.7. The number of nitrogens with zero attached hydrogens (tertiary/aromatic N) is 3. The number of cyclic esters (lactones) is 1. The molecule has 1 atom stereocenters. The van der Waals surface area contributed by atoms with Crippen LogP contribution in [0.5, 0.6) is 0 Å². The molecule has 1 N–H and O–H groups in total. The Morgan fingerprint density at radius 3 is 2.65 bits per heavy atom. The first-order valence-electron chi connectivity index (χ1n) is 13.5. The van der Waals surface area contributed by atoms with Gasteiger partial charge in [-0.3, -0.25) is 0 Å². The fraction of sp³-hybridized carbons (Fsp3) is 0.483. The van der Waals surface area contributed by atoms with E-state index in [1.807, 2.05) is 18.2 Å². The molecular formula is C29H35GeN3O4. The van der Waals surface area contributed by atoms with Crippen molar-refractivity contribution < 1.29 is 14.6 Å². The number of aromatic nitrogens is 2. The molecule has 0 bridgehead atoms. The van der Waals surface area contributed by atoms with E-state index in [2.05, 4.69) is 28.5 Å². The van der Waals surface area contributed by atoms with Crippen LogP contribution in [0.3, 0.4) is 0 Å². The maximum absolute atomic E-state index is 13.6. The van der Waals surface area contributed by atoms with Crippen LogP contribution in [-0.2, 0) is 34.7 Å². The van der Waals surface area contributed by atoms with Gasteiger partial charge >= 0.3 is 220 Å². The third kappa shape index (κ3) is 4.06. The first-order valence-corrected chi connectivity index (χ1v) is 20.7. The van der Waals surface area contributed by atoms with E-state index in [4.69, 9.17) is 9.72 Å². The summed E-state index contributed by atoms with van der Waals surface area (Å²) in [7, 11) is 0. The average molecular weight is 562 g/mol. The number of aryl methyl sites for hydroxylation is 1. The van der Waals surface area contributed by atoms with Crippen molar-refractivity contribution in [2.45, 2.75) is 68.1 Å². The molecule has 6 rings (SSSR count). The molecule has 194 valence electrons. The quantitative estimate of drug-likeness (QED) is 0.283. The number of likely N-dealkylation sites (tertiary alicyclic amines) is 1. The van der Waals surface area contributed by atoms with Crippen molar-refractivity contribution in [1.29, 1.82) is 0 Å². The number of rotatable bonds is 6. The average Bonchev–Trinajstić information content (AvgIpc) is 3.52. The van der Waals surface area contributed by atoms with Gasteiger partial charge in [-0.1, -0.05) is 0 Å². The second-order valence-corrected chi connectivity index (χ2v) is 22.5. The van der Waals surface area contributed by atoms with E-state index in [-0.39, 0.29) is 18.6 Å². The van der Waals surface area contributed by atoms with Gasteiger partial charge in [-0.2, -0.15) is 0 Å². The van der Waals surface area contributed by atoms with Crippen molar-refractivity contribution in [3.05, 3.63) is 62.9 Å². The zero-order chi connectivity index (χ0) is 25.9. The van der Waals surface area contributed by atoms with Crippen LogP contribution < -0.4 is 5.56 Å². The van der Waals surface area contributed by atoms with Gasteiger partial charge in [0, 0.05) is 0 Å². The molecule has 1 saturated heterocycles. The predicted molar refractivity (Wildman–Crippen MR) is 146 cm³/mol. The van der Waals surface area contributed by atoms with E-state index in [1.54, 1.807) is 11.5 Å². The summed E-state index contributed by atoms with van der Waals surface area (Å²) in [6, 6.07) is 10.1. The third-order valence-corrected chi connectivity index (χ3v) is 14.7. The molecule has 1 aromatic carbocycles. The molecule has 0 unspecified atom stereocenters. The standard InChI is InChI=1S/C29H35GeN3O4/c1-4-29(36)23-15-25-26-21(16-33(25)27(34)22(23)17-37-28(29)35)19(20-9-5-6-10-24(20)31-26)11-12-30(2,3)18-32-13-7-8-14-32/h5-6,9-10,15,36H,4,7-8,11-14,16-18H2,1-3H3/t29-/m0/s1. The molecule has 0 radical (unpaired) electrons. The van der Waals surface area contributed by atoms with Crippen molar-refractivity contribution in [2.75, 3.05) is 18.5 Å². The van der Waals surface area contributed by atoms with Gasteiger partial charge in [0.15, 0.2) is 0 Å². The number of carbonyl (C=O) groups excluding carboxylic acids is 1. The number of pyridine rings is 2. The van der Waals surface area contributed by atoms with E-state index >= 15 is 0 Å². The Balaban J connectivity index is 1.45. The zero-order valence-corrected chi connectivity index (χ0v) is 24.1. The molecule has 37 heavy (non-hydrogen) atoms. The second kappa shape index (κ2) is 9.07. The van der Waals surface area contributed by atoms with Crippen LogP contribution >= 0.6 is 0 Å². The van der Waals surface area contributed by atoms with Gasteiger partial charge in [-0.15, -0.1) is 0 Å². The van der Waals surface area contributed by atoms with Crippen LogP contribution in [0.25, 0.3) is 22.3 Å². The van der Waals surface area contributed by atoms with Crippen LogP contribution in [0.4, 0.5) is 0 Å². The number of fused-ring (bicyclic) bond motifs is 5. The van der Waals surface area contributed by atoms with Gasteiger partial charge in [0.25, 0.3) is 0 Å². The van der Waals surface area contributed by atoms with Crippen molar-refractivity contribution in [1.82, 2.24) is 14.5 Å². The molecule has 0 spiro atoms. The summed E-state index contributed by atoms with van der Waals surface area (Å²) in [6.07, 6.45) is 3.77. The Labute approximate surface area is 219 Å². The number of hydrogen-bond donors (Lipinski definition) is 1. The van der Waals surface area contributed by atoms with Gasteiger partial charge in [-0.25, -0.2) is 0 Å². The van der Waals surface area contributed by atoms with Crippen molar-refractivity contribution >= 4 is 30.1 Å². The van der Waals surface area contributed by atoms with E-state index in [1.165, 1.54) is 42.1 Å². The molecule has 5 heterocycles. The normalized spacial score (nSPS) is 21.1. The summed E-state index contributed by atoms with van der Waals surface area (Å²) in [5, 5.41) is 14.8. The Hall–Kier alpha value is -2.49. The second-order valence-electron chi connectivity index (χ2n) is 11.7. The fourth-order valence-corrected chi connectivity index (χ4v) is 12.0. The molecule has 8 heteroatoms. The number of hydrogen-bond acceptors (Lipinski definition) is 6. The Morgan fingerprint density at radius 1 is 1.14 bits per heavy atom. The third-order valence-electron chi connectivity index (χ3n) is 8.62. The van der Waals surface area contributed by atoms with Gasteiger partial charge in [0.2, 0.25) is 0 Å². The fourth-order valence-electron chi connectivity index (χ4n) is 6.49. The molecule has 0 saturated carbocycles. The van der Waals surface area contributed by atoms with Crippen LogP contribution in [0.2, 0.25) is 16.8 Å². The zero-order valence-electron chi connectivity index (χ0n) is 22.0. The topological polar surface area (TPSA) is 84.7 Å². The summed E-state index contributed by atoms with van der Waals surface area (Å²) in [4.78, 5) is 33.8. The molecular weight excluding hydrogens is 527 g/mol. The number of aliphatic hydroxyl groups is 1. The number of ether oxygens (including phenoxy) is 1. The van der Waals surface area contributed by atoms with Crippen LogP contribution in [0.1, 0.15) is 48.4 Å². The van der Waals surface area contributed by atoms with Crippen LogP contribution in [0, 0.1) is 0 Å². The Bertz CT molecular complexity index is 1470. The molecule has 2 aromatic heterocycles. The maximum atomic E-state index is 13.6. The van der Waals surface area contributed by atoms with Crippen LogP contribution in [0.15, 0.2) is 35.1 Å². The first kappa shape index (κ1) is 24.8. The van der Waals surface area contributed by atoms with E-state index in [0.717, 1.165) is 28.6 Å². The van der Waals surface area contributed by atoms with E-state index in [0.29, 0.717) is 23.4 Å². The Kier molecular flexibility index (Phi) is 6.08. The molecule has 3 aromatic rings. The molecule has 3 aliphatic rings. The number of para-hydroxylation sites is 1. The summed E-state index contributed by atoms with van der Waals surface area (Å²) in [5.74, 6) is 4.39. The molecule has 7 nitrogen and oxygen atoms in total. The SMILES string of the molecule is CC[C@@]1(O)C(=O)OCc2c1cc1n(c2=O)Cc2c-1nc1ccccc1c2C[CH2][Ge]([CH3])([CH3])[CH2]N1CCCC1. The number of benzene rings is 1. The Morgan fingerprint density at radius 2 is 1.89 bits per heavy atom. The molecule has 0 aliphatic carbocycles. The minimum atomic E-state index is -2.04. The minimum absolute atomic E-state index is 0.105.